The van der Waals surface area contributed by atoms with Gasteiger partial charge in [-0.05, 0) is 19.1 Å². The average molecular weight is 455 g/mol. The molecule has 1 saturated heterocycles. The number of nitrogens with zero attached hydrogens (tertiary/aromatic N) is 6. The van der Waals surface area contributed by atoms with Crippen molar-refractivity contribution in [1.82, 2.24) is 25.0 Å². The van der Waals surface area contributed by atoms with Gasteiger partial charge in [-0.1, -0.05) is 49.2 Å². The van der Waals surface area contributed by atoms with Crippen molar-refractivity contribution in [2.24, 2.45) is 0 Å². The molecule has 1 aliphatic rings. The standard InChI is InChI=1S/C20H22Cl2F2N6/c1-19(2,3)18-25-16(29-8-7-20(4,24)10-29)15-17(26-18)30(28-27-15)9-11-13(23)6-5-12(21)14(11)22/h5-6H,7-10H2,1-4H3. The third-order valence-electron chi connectivity index (χ3n) is 5.19. The Bertz CT molecular complexity index is 1120. The Morgan fingerprint density at radius 1 is 1.20 bits per heavy atom. The van der Waals surface area contributed by atoms with Crippen LogP contribution in [-0.2, 0) is 12.0 Å². The van der Waals surface area contributed by atoms with Crippen LogP contribution in [0.1, 0.15) is 45.5 Å². The SMILES string of the molecule is CC1(F)CCN(c2nc(C(C)(C)C)nc3c2nnn3Cc2c(F)ccc(Cl)c2Cl)C1. The number of alkyl halides is 1. The Balaban J connectivity index is 1.86. The van der Waals surface area contributed by atoms with Crippen molar-refractivity contribution in [3.8, 4) is 0 Å². The zero-order valence-electron chi connectivity index (χ0n) is 17.2. The van der Waals surface area contributed by atoms with E-state index in [1.54, 1.807) is 6.92 Å². The summed E-state index contributed by atoms with van der Waals surface area (Å²) in [5.74, 6) is 0.611. The van der Waals surface area contributed by atoms with Crippen LogP contribution in [0.5, 0.6) is 0 Å². The van der Waals surface area contributed by atoms with Gasteiger partial charge in [0.05, 0.1) is 23.1 Å². The minimum Gasteiger partial charge on any atom is -0.351 e. The molecule has 1 aromatic carbocycles. The van der Waals surface area contributed by atoms with Gasteiger partial charge >= 0.3 is 0 Å². The van der Waals surface area contributed by atoms with Crippen molar-refractivity contribution in [3.63, 3.8) is 0 Å². The summed E-state index contributed by atoms with van der Waals surface area (Å²) >= 11 is 12.3. The predicted molar refractivity (Wildman–Crippen MR) is 114 cm³/mol. The quantitative estimate of drug-likeness (QED) is 0.523. The average Bonchev–Trinajstić information content (AvgIpc) is 3.23. The summed E-state index contributed by atoms with van der Waals surface area (Å²) in [4.78, 5) is 11.2. The van der Waals surface area contributed by atoms with E-state index in [0.29, 0.717) is 35.8 Å². The van der Waals surface area contributed by atoms with E-state index in [-0.39, 0.29) is 34.1 Å². The summed E-state index contributed by atoms with van der Waals surface area (Å²) in [7, 11) is 0. The lowest BCUT2D eigenvalue weighted by Crippen LogP contribution is -2.28. The summed E-state index contributed by atoms with van der Waals surface area (Å²) in [6.07, 6.45) is 0.404. The van der Waals surface area contributed by atoms with Gasteiger partial charge < -0.3 is 4.90 Å². The summed E-state index contributed by atoms with van der Waals surface area (Å²) in [6.45, 7) is 8.28. The molecule has 10 heteroatoms. The second-order valence-corrected chi connectivity index (χ2v) is 9.73. The molecule has 0 aliphatic carbocycles. The van der Waals surface area contributed by atoms with Crippen molar-refractivity contribution in [3.05, 3.63) is 39.4 Å². The summed E-state index contributed by atoms with van der Waals surface area (Å²) in [5, 5.41) is 8.78. The maximum atomic E-state index is 14.5. The van der Waals surface area contributed by atoms with Gasteiger partial charge in [0.25, 0.3) is 0 Å². The van der Waals surface area contributed by atoms with E-state index in [4.69, 9.17) is 28.2 Å². The van der Waals surface area contributed by atoms with Crippen LogP contribution in [0.25, 0.3) is 11.2 Å². The number of halogens is 4. The first-order chi connectivity index (χ1) is 14.0. The predicted octanol–water partition coefficient (Wildman–Crippen LogP) is 4.95. The van der Waals surface area contributed by atoms with E-state index >= 15 is 0 Å². The number of rotatable bonds is 3. The second kappa shape index (κ2) is 7.27. The summed E-state index contributed by atoms with van der Waals surface area (Å²) < 4.78 is 30.4. The molecule has 6 nitrogen and oxygen atoms in total. The molecule has 1 fully saturated rings. The Labute approximate surface area is 183 Å². The number of hydrogen-bond acceptors (Lipinski definition) is 5. The molecule has 0 amide bonds. The lowest BCUT2D eigenvalue weighted by Gasteiger charge is -2.22. The monoisotopic (exact) mass is 454 g/mol. The number of hydrogen-bond donors (Lipinski definition) is 0. The maximum Gasteiger partial charge on any atom is 0.184 e. The van der Waals surface area contributed by atoms with Crippen molar-refractivity contribution >= 4 is 40.2 Å². The van der Waals surface area contributed by atoms with Crippen LogP contribution >= 0.6 is 23.2 Å². The van der Waals surface area contributed by atoms with Crippen LogP contribution < -0.4 is 4.90 Å². The molecule has 0 bridgehead atoms. The zero-order valence-corrected chi connectivity index (χ0v) is 18.7. The van der Waals surface area contributed by atoms with Crippen LogP contribution in [0.2, 0.25) is 10.0 Å². The number of anilines is 1. The molecule has 1 aliphatic heterocycles. The van der Waals surface area contributed by atoms with Gasteiger partial charge in [-0.25, -0.2) is 23.4 Å². The van der Waals surface area contributed by atoms with Crippen LogP contribution in [0.15, 0.2) is 12.1 Å². The van der Waals surface area contributed by atoms with Gasteiger partial charge in [0.15, 0.2) is 17.0 Å². The van der Waals surface area contributed by atoms with E-state index in [9.17, 15) is 8.78 Å². The Morgan fingerprint density at radius 3 is 2.57 bits per heavy atom. The van der Waals surface area contributed by atoms with E-state index in [2.05, 4.69) is 15.3 Å². The van der Waals surface area contributed by atoms with E-state index < -0.39 is 11.5 Å². The topological polar surface area (TPSA) is 59.7 Å². The Hall–Kier alpha value is -2.06. The first-order valence-electron chi connectivity index (χ1n) is 9.64. The van der Waals surface area contributed by atoms with Crippen LogP contribution in [-0.4, -0.2) is 43.7 Å². The maximum absolute atomic E-state index is 14.5. The van der Waals surface area contributed by atoms with Crippen LogP contribution in [0.4, 0.5) is 14.6 Å². The molecule has 1 atom stereocenters. The first kappa shape index (κ1) is 21.2. The minimum atomic E-state index is -1.30. The van der Waals surface area contributed by atoms with Gasteiger partial charge in [-0.15, -0.1) is 5.10 Å². The van der Waals surface area contributed by atoms with Gasteiger partial charge in [0.1, 0.15) is 17.3 Å². The molecule has 0 saturated carbocycles. The molecule has 4 rings (SSSR count). The first-order valence-corrected chi connectivity index (χ1v) is 10.4. The van der Waals surface area contributed by atoms with Gasteiger partial charge in [-0.3, -0.25) is 0 Å². The molecular weight excluding hydrogens is 433 g/mol. The van der Waals surface area contributed by atoms with E-state index in [0.717, 1.165) is 0 Å². The highest BCUT2D eigenvalue weighted by molar-refractivity contribution is 6.42. The lowest BCUT2D eigenvalue weighted by atomic mass is 9.96. The molecule has 2 aromatic heterocycles. The van der Waals surface area contributed by atoms with Gasteiger partial charge in [0, 0.05) is 23.9 Å². The fourth-order valence-electron chi connectivity index (χ4n) is 3.47. The smallest absolute Gasteiger partial charge is 0.184 e. The molecule has 0 radical (unpaired) electrons. The highest BCUT2D eigenvalue weighted by Gasteiger charge is 2.36. The fourth-order valence-corrected chi connectivity index (χ4v) is 3.86. The van der Waals surface area contributed by atoms with Crippen molar-refractivity contribution in [2.45, 2.75) is 51.7 Å². The molecule has 160 valence electrons. The number of aromatic nitrogens is 5. The number of fused-ring (bicyclic) bond motifs is 1. The molecule has 0 spiro atoms. The van der Waals surface area contributed by atoms with E-state index in [1.165, 1.54) is 16.8 Å². The van der Waals surface area contributed by atoms with Crippen LogP contribution in [0.3, 0.4) is 0 Å². The van der Waals surface area contributed by atoms with Gasteiger partial charge in [0.2, 0.25) is 0 Å². The van der Waals surface area contributed by atoms with Crippen molar-refractivity contribution in [1.29, 1.82) is 0 Å². The fraction of sp³-hybridized carbons (Fsp3) is 0.500. The van der Waals surface area contributed by atoms with E-state index in [1.807, 2.05) is 25.7 Å². The minimum absolute atomic E-state index is 0.00257. The Morgan fingerprint density at radius 2 is 1.93 bits per heavy atom. The second-order valence-electron chi connectivity index (χ2n) is 8.95. The highest BCUT2D eigenvalue weighted by atomic mass is 35.5. The summed E-state index contributed by atoms with van der Waals surface area (Å²) in [5.41, 5.74) is -0.583. The third kappa shape index (κ3) is 3.83. The normalized spacial score (nSPS) is 19.8. The largest absolute Gasteiger partial charge is 0.351 e. The highest BCUT2D eigenvalue weighted by Crippen LogP contribution is 2.34. The zero-order chi connectivity index (χ0) is 21.8. The summed E-state index contributed by atoms with van der Waals surface area (Å²) in [6, 6.07) is 2.66. The molecular formula is C20H22Cl2F2N6. The van der Waals surface area contributed by atoms with Crippen molar-refractivity contribution in [2.75, 3.05) is 18.0 Å². The third-order valence-corrected chi connectivity index (χ3v) is 6.03. The molecule has 30 heavy (non-hydrogen) atoms. The molecule has 3 heterocycles. The molecule has 3 aromatic rings. The van der Waals surface area contributed by atoms with Crippen LogP contribution in [0, 0.1) is 5.82 Å². The van der Waals surface area contributed by atoms with Crippen molar-refractivity contribution < 1.29 is 8.78 Å². The number of benzene rings is 1. The Kier molecular flexibility index (Phi) is 5.13. The van der Waals surface area contributed by atoms with Gasteiger partial charge in [-0.2, -0.15) is 0 Å². The lowest BCUT2D eigenvalue weighted by molar-refractivity contribution is 0.221. The molecule has 0 N–H and O–H groups in total. The molecule has 1 unspecified atom stereocenters.